The van der Waals surface area contributed by atoms with E-state index in [9.17, 15) is 25.3 Å². The van der Waals surface area contributed by atoms with Crippen molar-refractivity contribution in [2.24, 2.45) is 34.7 Å². The topological polar surface area (TPSA) is 194 Å². The van der Waals surface area contributed by atoms with Crippen LogP contribution >= 0.6 is 0 Å². The van der Waals surface area contributed by atoms with Crippen LogP contribution in [0, 0.1) is 29.6 Å². The number of carbonyl (C=O) groups excluding carboxylic acids is 1. The summed E-state index contributed by atoms with van der Waals surface area (Å²) in [5.41, 5.74) is 7.41. The first-order valence-electron chi connectivity index (χ1n) is 54.3. The van der Waals surface area contributed by atoms with Crippen LogP contribution in [0.1, 0.15) is 434 Å². The van der Waals surface area contributed by atoms with Crippen LogP contribution in [0.25, 0.3) is 0 Å². The quantitative estimate of drug-likeness (QED) is 0.0176. The number of esters is 1. The molecule has 5 aliphatic heterocycles. The van der Waals surface area contributed by atoms with Gasteiger partial charge in [-0.15, -0.1) is 0 Å². The summed E-state index contributed by atoms with van der Waals surface area (Å²) >= 11 is 0. The van der Waals surface area contributed by atoms with Gasteiger partial charge in [0.2, 0.25) is 0 Å². The van der Waals surface area contributed by atoms with Crippen molar-refractivity contribution in [3.05, 3.63) is 251 Å². The van der Waals surface area contributed by atoms with E-state index in [1.165, 1.54) is 45.9 Å². The summed E-state index contributed by atoms with van der Waals surface area (Å²) in [6.07, 6.45) is 13.0. The smallest absolute Gasteiger partial charge is 0.302 e. The molecule has 12 rings (SSSR count). The van der Waals surface area contributed by atoms with Gasteiger partial charge in [0.1, 0.15) is 42.7 Å². The summed E-state index contributed by atoms with van der Waals surface area (Å²) in [5.74, 6) is 0.902. The molecular weight excluding hydrogens is 1770 g/mol. The highest BCUT2D eigenvalue weighted by molar-refractivity contribution is 5.89. The zero-order valence-electron chi connectivity index (χ0n) is 94.9. The molecule has 4 N–H and O–H groups in total. The molecule has 0 bridgehead atoms. The number of rotatable bonds is 32. The monoisotopic (exact) mass is 1960 g/mol. The van der Waals surface area contributed by atoms with Crippen LogP contribution in [0.15, 0.2) is 217 Å². The normalized spacial score (nSPS) is 30.4. The minimum atomic E-state index is -0.281. The molecule has 5 aliphatic rings. The second-order valence-corrected chi connectivity index (χ2v) is 45.8. The van der Waals surface area contributed by atoms with Crippen molar-refractivity contribution in [2.45, 2.75) is 480 Å². The number of hydrogen-bond donors (Lipinski definition) is 4. The lowest BCUT2D eigenvalue weighted by atomic mass is 9.69. The lowest BCUT2D eigenvalue weighted by molar-refractivity contribution is -0.336. The minimum absolute atomic E-state index is 0.00427. The van der Waals surface area contributed by atoms with Crippen molar-refractivity contribution < 1.29 is 59.1 Å². The molecule has 0 radical (unpaired) electrons. The van der Waals surface area contributed by atoms with E-state index in [0.29, 0.717) is 5.92 Å². The molecule has 23 unspecified atom stereocenters. The molecular formula is C123H195N7O12. The van der Waals surface area contributed by atoms with Gasteiger partial charge in [0.25, 0.3) is 0 Å². The summed E-state index contributed by atoms with van der Waals surface area (Å²) in [5, 5.41) is 57.9. The van der Waals surface area contributed by atoms with Gasteiger partial charge in [0.15, 0.2) is 0 Å². The van der Waals surface area contributed by atoms with Gasteiger partial charge in [-0.1, -0.05) is 328 Å². The van der Waals surface area contributed by atoms with E-state index in [4.69, 9.17) is 33.8 Å². The largest absolute Gasteiger partial charge is 0.462 e. The fraction of sp³-hybridized carbons (Fsp3) is 0.642. The van der Waals surface area contributed by atoms with Crippen molar-refractivity contribution in [1.82, 2.24) is 30.4 Å². The summed E-state index contributed by atoms with van der Waals surface area (Å²) < 4.78 is 5.71. The maximum absolute atomic E-state index is 11.6. The zero-order valence-corrected chi connectivity index (χ0v) is 94.9. The van der Waals surface area contributed by atoms with Gasteiger partial charge in [0.05, 0.1) is 35.6 Å². The molecule has 5 heterocycles. The Balaban J connectivity index is 0.000000232. The number of hydroxylamine groups is 12. The summed E-state index contributed by atoms with van der Waals surface area (Å²) in [7, 11) is 0. The number of aliphatic hydroxyl groups is 3. The van der Waals surface area contributed by atoms with Crippen molar-refractivity contribution in [2.75, 3.05) is 0 Å². The zero-order chi connectivity index (χ0) is 106. The third-order valence-corrected chi connectivity index (χ3v) is 34.3. The second-order valence-electron chi connectivity index (χ2n) is 45.8. The molecule has 0 spiro atoms. The van der Waals surface area contributed by atoms with E-state index in [1.807, 2.05) is 72.8 Å². The average Bonchev–Trinajstić information content (AvgIpc) is 0.742. The highest BCUT2D eigenvalue weighted by Crippen LogP contribution is 2.54. The second kappa shape index (κ2) is 53.2. The van der Waals surface area contributed by atoms with Crippen molar-refractivity contribution in [1.29, 1.82) is 0 Å². The molecule has 23 atom stereocenters. The Kier molecular flexibility index (Phi) is 45.6. The van der Waals surface area contributed by atoms with Gasteiger partial charge in [-0.3, -0.25) is 33.8 Å². The molecule has 0 aliphatic carbocycles. The first-order chi connectivity index (χ1) is 66.7. The first-order valence-corrected chi connectivity index (χ1v) is 54.3. The number of oxime groups is 1. The van der Waals surface area contributed by atoms with Crippen LogP contribution < -0.4 is 0 Å². The van der Waals surface area contributed by atoms with Crippen LogP contribution in [-0.2, 0) is 38.6 Å². The Morgan fingerprint density at radius 1 is 0.366 bits per heavy atom. The molecule has 5 saturated heterocycles. The fourth-order valence-electron chi connectivity index (χ4n) is 22.7. The van der Waals surface area contributed by atoms with Gasteiger partial charge in [-0.2, -0.15) is 30.4 Å². The number of ether oxygens (including phenoxy) is 1. The average molecular weight is 1960 g/mol. The van der Waals surface area contributed by atoms with Gasteiger partial charge < -0.3 is 25.3 Å². The van der Waals surface area contributed by atoms with E-state index in [2.05, 4.69) is 417 Å². The fourth-order valence-corrected chi connectivity index (χ4v) is 22.7. The van der Waals surface area contributed by atoms with Gasteiger partial charge in [-0.25, -0.2) is 0 Å². The number of nitrogens with zero attached hydrogens (tertiary/aromatic N) is 7. The lowest BCUT2D eigenvalue weighted by Gasteiger charge is -2.59. The van der Waals surface area contributed by atoms with Crippen LogP contribution in [0.2, 0.25) is 0 Å². The Morgan fingerprint density at radius 2 is 0.641 bits per heavy atom. The predicted molar refractivity (Wildman–Crippen MR) is 585 cm³/mol. The molecule has 19 nitrogen and oxygen atoms in total. The number of carbonyl (C=O) groups is 1. The highest BCUT2D eigenvalue weighted by atomic mass is 16.7. The number of aliphatic hydroxyl groups excluding tert-OH is 3. The van der Waals surface area contributed by atoms with Crippen LogP contribution in [0.5, 0.6) is 0 Å². The Morgan fingerprint density at radius 3 is 0.908 bits per heavy atom. The van der Waals surface area contributed by atoms with Crippen LogP contribution in [0.3, 0.4) is 0 Å². The lowest BCUT2D eigenvalue weighted by Crippen LogP contribution is -2.68. The van der Waals surface area contributed by atoms with Crippen molar-refractivity contribution in [3.8, 4) is 0 Å². The van der Waals surface area contributed by atoms with Crippen molar-refractivity contribution >= 4 is 11.7 Å². The molecule has 5 fully saturated rings. The third kappa shape index (κ3) is 29.3. The first kappa shape index (κ1) is 122. The van der Waals surface area contributed by atoms with E-state index in [1.54, 1.807) is 0 Å². The van der Waals surface area contributed by atoms with E-state index in [0.717, 1.165) is 108 Å². The summed E-state index contributed by atoms with van der Waals surface area (Å²) in [6.45, 7) is 77.9. The molecule has 7 aromatic carbocycles. The van der Waals surface area contributed by atoms with E-state index < -0.39 is 0 Å². The Bertz CT molecular complexity index is 4720. The van der Waals surface area contributed by atoms with Gasteiger partial charge in [-0.05, 0) is 266 Å². The maximum atomic E-state index is 11.6. The van der Waals surface area contributed by atoms with Gasteiger partial charge >= 0.3 is 5.97 Å². The Hall–Kier alpha value is -7.12. The predicted octanol–water partition coefficient (Wildman–Crippen LogP) is 30.6. The van der Waals surface area contributed by atoms with Gasteiger partial charge in [0, 0.05) is 98.8 Å². The van der Waals surface area contributed by atoms with E-state index in [-0.39, 0.29) is 158 Å². The molecule has 794 valence electrons. The molecule has 19 heteroatoms. The Labute approximate surface area is 862 Å². The van der Waals surface area contributed by atoms with Crippen LogP contribution in [-0.4, -0.2) is 148 Å². The van der Waals surface area contributed by atoms with E-state index >= 15 is 0 Å². The SMILES string of the molecule is CC(ON(C(c1ccccc1)C(C)C)C(C)(C)C)c1ccccc1.CCC1(C)C/C(=N/O)C(C)C(C)(CC)N1OC(C)c1ccccc1.CCC1(C)CC(O)C(C)C(C)(CC)N1OC(C)c1ccccc1.CCC1(C)CC(O)C(C)C(C)(CC)N1OC(C)c1ccccc1.CCC1(C)CC(OC(C)=O)C(C)C(C)(CC)N1OC(C)c1ccccc1.CCC1(CC)CC(O)CC(C)(C)N1OC(C)c1ccccc1. The third-order valence-electron chi connectivity index (χ3n) is 34.3. The summed E-state index contributed by atoms with van der Waals surface area (Å²) in [4.78, 5) is 50.8. The minimum Gasteiger partial charge on any atom is -0.462 e. The standard InChI is InChI=1S/C22H35NO3.C22H31NO.C20H32N2O2.2C20H33NO2.C19H31NO2/c1-8-21(6)15-20(25-18(5)24)16(3)22(7,9-2)23(21)26-17(4)19-13-11-10-12-14-19;1-17(2)21(20-15-11-8-12-16-20)23(22(4,5)6)24-18(3)19-13-9-7-10-14-19;1-7-19(5)14-18(21-23)15(3)20(6,8-2)22(19)24-16(4)17-12-10-9-11-13-17;2*1-7-19(5)14-18(22)15(3)20(6,8-2)21(19)23-16(4)17-12-10-9-11-13-17;1-6-19(7-2)14-17(21)13-18(4,5)20(19)22-15(3)16-11-9-8-10-12-16/h10-14,16-17,20H,8-9,15H2,1-7H3;7-18,21H,1-6H3;9-13,15-16,23H,7-8,14H2,1-6H3;2*9-13,15-16,18,22H,7-8,14H2,1-6H3;8-12,15,17,21H,6-7,13-14H2,1-5H3/b;;21-18-;;;. The van der Waals surface area contributed by atoms with Crippen LogP contribution in [0.4, 0.5) is 0 Å². The van der Waals surface area contributed by atoms with Crippen molar-refractivity contribution in [3.63, 3.8) is 0 Å². The molecule has 142 heavy (non-hydrogen) atoms. The molecule has 7 aromatic rings. The highest BCUT2D eigenvalue weighted by Gasteiger charge is 2.60. The maximum Gasteiger partial charge on any atom is 0.302 e. The molecule has 0 aromatic heterocycles. The summed E-state index contributed by atoms with van der Waals surface area (Å²) in [6, 6.07) is 73.0. The molecule has 0 amide bonds. The number of hydrogen-bond acceptors (Lipinski definition) is 19. The number of piperidine rings is 5. The molecule has 0 saturated carbocycles. The number of benzene rings is 7.